The van der Waals surface area contributed by atoms with Crippen LogP contribution in [0, 0.1) is 0 Å². The highest BCUT2D eigenvalue weighted by Crippen LogP contribution is 2.23. The van der Waals surface area contributed by atoms with Gasteiger partial charge in [0.1, 0.15) is 24.4 Å². The molecule has 1 amide bonds. The van der Waals surface area contributed by atoms with E-state index in [0.29, 0.717) is 19.4 Å². The lowest BCUT2D eigenvalue weighted by atomic mass is 9.99. The van der Waals surface area contributed by atoms with Crippen molar-refractivity contribution in [2.45, 2.75) is 346 Å². The van der Waals surface area contributed by atoms with E-state index in [-0.39, 0.29) is 18.5 Å². The Morgan fingerprint density at radius 1 is 0.476 bits per heavy atom. The van der Waals surface area contributed by atoms with Crippen LogP contribution >= 0.6 is 0 Å². The highest BCUT2D eigenvalue weighted by Gasteiger charge is 2.44. The first-order valence-electron chi connectivity index (χ1n) is 34.2. The van der Waals surface area contributed by atoms with Gasteiger partial charge in [-0.25, -0.2) is 0 Å². The number of unbranched alkanes of at least 4 members (excludes halogenated alkanes) is 36. The van der Waals surface area contributed by atoms with Gasteiger partial charge in [-0.1, -0.05) is 253 Å². The van der Waals surface area contributed by atoms with Crippen LogP contribution in [-0.4, -0.2) is 100 Å². The van der Waals surface area contributed by atoms with E-state index in [4.69, 9.17) is 14.2 Å². The summed E-state index contributed by atoms with van der Waals surface area (Å²) in [5.74, 6) is -0.203. The fourth-order valence-corrected chi connectivity index (χ4v) is 10.4. The van der Waals surface area contributed by atoms with E-state index in [1.165, 1.54) is 199 Å². The minimum atomic E-state index is -1.58. The van der Waals surface area contributed by atoms with Gasteiger partial charge in [0, 0.05) is 12.8 Å². The molecule has 0 aromatic carbocycles. The Bertz CT molecular complexity index is 1590. The van der Waals surface area contributed by atoms with Gasteiger partial charge in [0.05, 0.1) is 32.0 Å². The Morgan fingerprint density at radius 3 is 1.35 bits per heavy atom. The highest BCUT2D eigenvalue weighted by molar-refractivity contribution is 5.76. The second kappa shape index (κ2) is 59.8. The van der Waals surface area contributed by atoms with Gasteiger partial charge in [-0.2, -0.15) is 0 Å². The summed E-state index contributed by atoms with van der Waals surface area (Å²) in [6.07, 6.45) is 70.6. The molecule has 1 fully saturated rings. The number of esters is 1. The molecule has 0 bridgehead atoms. The van der Waals surface area contributed by atoms with Gasteiger partial charge in [0.15, 0.2) is 6.29 Å². The van der Waals surface area contributed by atoms with E-state index < -0.39 is 49.5 Å². The van der Waals surface area contributed by atoms with Crippen LogP contribution in [0.2, 0.25) is 0 Å². The smallest absolute Gasteiger partial charge is 0.305 e. The number of carbonyl (C=O) groups excluding carboxylic acids is 2. The minimum Gasteiger partial charge on any atom is -0.466 e. The van der Waals surface area contributed by atoms with Gasteiger partial charge in [-0.05, 0) is 110 Å². The minimum absolute atomic E-state index is 0.000733. The lowest BCUT2D eigenvalue weighted by Crippen LogP contribution is -2.60. The van der Waals surface area contributed by atoms with Crippen molar-refractivity contribution >= 4 is 11.9 Å². The summed E-state index contributed by atoms with van der Waals surface area (Å²) in [4.78, 5) is 25.1. The number of hydrogen-bond acceptors (Lipinski definition) is 10. The van der Waals surface area contributed by atoms with Crippen LogP contribution in [-0.2, 0) is 23.8 Å². The third-order valence-electron chi connectivity index (χ3n) is 15.8. The zero-order chi connectivity index (χ0) is 59.5. The zero-order valence-electron chi connectivity index (χ0n) is 52.7. The van der Waals surface area contributed by atoms with Crippen molar-refractivity contribution in [3.05, 3.63) is 72.9 Å². The van der Waals surface area contributed by atoms with E-state index in [1.807, 2.05) is 19.1 Å². The molecule has 0 saturated carbocycles. The molecule has 0 spiro atoms. The number of amides is 1. The largest absolute Gasteiger partial charge is 0.466 e. The van der Waals surface area contributed by atoms with Crippen LogP contribution in [0.1, 0.15) is 303 Å². The average molecular weight is 1150 g/mol. The van der Waals surface area contributed by atoms with Crippen LogP contribution in [0.25, 0.3) is 0 Å². The Hall–Kier alpha value is -2.90. The predicted molar refractivity (Wildman–Crippen MR) is 343 cm³/mol. The van der Waals surface area contributed by atoms with E-state index in [1.54, 1.807) is 6.08 Å². The number of hydrogen-bond donors (Lipinski definition) is 6. The van der Waals surface area contributed by atoms with Gasteiger partial charge < -0.3 is 45.1 Å². The molecule has 1 aliphatic rings. The molecule has 82 heavy (non-hydrogen) atoms. The average Bonchev–Trinajstić information content (AvgIpc) is 3.48. The van der Waals surface area contributed by atoms with E-state index >= 15 is 0 Å². The van der Waals surface area contributed by atoms with Crippen molar-refractivity contribution in [3.63, 3.8) is 0 Å². The first-order chi connectivity index (χ1) is 40.2. The zero-order valence-corrected chi connectivity index (χ0v) is 52.7. The van der Waals surface area contributed by atoms with Crippen molar-refractivity contribution in [3.8, 4) is 0 Å². The molecule has 7 atom stereocenters. The normalized spacial score (nSPS) is 18.6. The van der Waals surface area contributed by atoms with Gasteiger partial charge in [0.25, 0.3) is 0 Å². The predicted octanol–water partition coefficient (Wildman–Crippen LogP) is 17.1. The van der Waals surface area contributed by atoms with Crippen LogP contribution < -0.4 is 5.32 Å². The maximum atomic E-state index is 13.0. The summed E-state index contributed by atoms with van der Waals surface area (Å²) < 4.78 is 16.7. The Balaban J connectivity index is 1.93. The molecule has 0 radical (unpaired) electrons. The molecule has 0 aromatic rings. The van der Waals surface area contributed by atoms with Crippen molar-refractivity contribution in [2.24, 2.45) is 0 Å². The highest BCUT2D eigenvalue weighted by atomic mass is 16.7. The molecule has 1 saturated heterocycles. The number of rotatable bonds is 59. The number of allylic oxidation sites excluding steroid dienone is 11. The molecule has 1 aliphatic heterocycles. The molecule has 0 aromatic heterocycles. The maximum Gasteiger partial charge on any atom is 0.305 e. The number of aliphatic hydroxyl groups excluding tert-OH is 5. The van der Waals surface area contributed by atoms with Crippen LogP contribution in [0.3, 0.4) is 0 Å². The summed E-state index contributed by atoms with van der Waals surface area (Å²) >= 11 is 0. The molecule has 0 aliphatic carbocycles. The lowest BCUT2D eigenvalue weighted by Gasteiger charge is -2.40. The molecule has 476 valence electrons. The first kappa shape index (κ1) is 77.1. The summed E-state index contributed by atoms with van der Waals surface area (Å²) in [6, 6.07) is -0.836. The molecule has 11 nitrogen and oxygen atoms in total. The van der Waals surface area contributed by atoms with E-state index in [0.717, 1.165) is 77.0 Å². The fourth-order valence-electron chi connectivity index (χ4n) is 10.4. The molecule has 1 heterocycles. The van der Waals surface area contributed by atoms with Crippen molar-refractivity contribution in [1.82, 2.24) is 5.32 Å². The van der Waals surface area contributed by atoms with E-state index in [2.05, 4.69) is 66.9 Å². The number of nitrogens with one attached hydrogen (secondary N) is 1. The molecular weight excluding hydrogens is 1030 g/mol. The van der Waals surface area contributed by atoms with Gasteiger partial charge in [-0.15, -0.1) is 0 Å². The third kappa shape index (κ3) is 48.3. The fraction of sp³-hybridized carbons (Fsp3) is 0.803. The number of aliphatic hydroxyl groups is 5. The van der Waals surface area contributed by atoms with Crippen LogP contribution in [0.5, 0.6) is 0 Å². The quantitative estimate of drug-likeness (QED) is 0.0195. The third-order valence-corrected chi connectivity index (χ3v) is 15.8. The lowest BCUT2D eigenvalue weighted by molar-refractivity contribution is -0.302. The standard InChI is InChI=1S/C71H127NO10/c1-3-5-7-9-11-13-14-15-16-17-26-30-33-36-39-43-47-51-55-59-67(76)80-60-56-52-48-44-40-37-34-31-28-25-23-21-19-18-20-22-24-27-29-32-35-38-42-46-50-54-58-66(75)72-63(64(74)57-53-49-45-41-12-10-8-6-4-2)62-81-71-70(79)69(78)68(77)65(61-73)82-71/h4,6,11-13,15-16,18,20,41,53,57,63-65,68-71,73-74,77-79H,3,5,7-10,14,17,19,21-40,42-52,54-56,58-62H2,1-2H3,(H,72,75)/b6-4+,13-11-,16-15-,20-18-,41-12+,57-53+. The second-order valence-electron chi connectivity index (χ2n) is 23.5. The monoisotopic (exact) mass is 1150 g/mol. The number of carbonyl (C=O) groups is 2. The molecule has 6 N–H and O–H groups in total. The Morgan fingerprint density at radius 2 is 0.878 bits per heavy atom. The van der Waals surface area contributed by atoms with Crippen molar-refractivity contribution in [1.29, 1.82) is 0 Å². The summed E-state index contributed by atoms with van der Waals surface area (Å²) in [5.41, 5.74) is 0. The van der Waals surface area contributed by atoms with Gasteiger partial charge in [0.2, 0.25) is 5.91 Å². The van der Waals surface area contributed by atoms with E-state index in [9.17, 15) is 35.1 Å². The SMILES string of the molecule is C/C=C/CC/C=C/CC/C=C/C(O)C(COC1OC(CO)C(O)C(O)C1O)NC(=O)CCCCCCCCCCCC/C=C\CCCCCCCCCCCCCCOC(=O)CCCCCCCCCCC/C=C\C/C=C\CCCCC. The second-order valence-corrected chi connectivity index (χ2v) is 23.5. The Labute approximate surface area is 502 Å². The van der Waals surface area contributed by atoms with Crippen LogP contribution in [0.15, 0.2) is 72.9 Å². The maximum absolute atomic E-state index is 13.0. The molecular formula is C71H127NO10. The number of ether oxygens (including phenoxy) is 3. The van der Waals surface area contributed by atoms with Crippen molar-refractivity contribution in [2.75, 3.05) is 19.8 Å². The van der Waals surface area contributed by atoms with Gasteiger partial charge in [-0.3, -0.25) is 9.59 Å². The molecule has 11 heteroatoms. The Kier molecular flexibility index (Phi) is 56.2. The van der Waals surface area contributed by atoms with Gasteiger partial charge >= 0.3 is 5.97 Å². The molecule has 7 unspecified atom stereocenters. The van der Waals surface area contributed by atoms with Crippen LogP contribution in [0.4, 0.5) is 0 Å². The summed E-state index contributed by atoms with van der Waals surface area (Å²) in [5, 5.41) is 54.2. The summed E-state index contributed by atoms with van der Waals surface area (Å²) in [7, 11) is 0. The topological polar surface area (TPSA) is 175 Å². The first-order valence-corrected chi connectivity index (χ1v) is 34.2. The van der Waals surface area contributed by atoms with Crippen molar-refractivity contribution < 1.29 is 49.3 Å². The molecule has 1 rings (SSSR count). The summed E-state index contributed by atoms with van der Waals surface area (Å²) in [6.45, 7) is 4.07.